The predicted octanol–water partition coefficient (Wildman–Crippen LogP) is 3.00. The lowest BCUT2D eigenvalue weighted by Gasteiger charge is -2.32. The quantitative estimate of drug-likeness (QED) is 0.444. The van der Waals surface area contributed by atoms with Crippen molar-refractivity contribution in [1.82, 2.24) is 14.5 Å². The third-order valence-electron chi connectivity index (χ3n) is 6.21. The molecule has 1 aliphatic rings. The fourth-order valence-electron chi connectivity index (χ4n) is 4.30. The lowest BCUT2D eigenvalue weighted by atomic mass is 10.0. The zero-order chi connectivity index (χ0) is 26.4. The van der Waals surface area contributed by atoms with Gasteiger partial charge in [0.15, 0.2) is 0 Å². The van der Waals surface area contributed by atoms with E-state index in [4.69, 9.17) is 0 Å². The summed E-state index contributed by atoms with van der Waals surface area (Å²) in [5.41, 5.74) is 1.66. The first-order valence-electron chi connectivity index (χ1n) is 12.1. The van der Waals surface area contributed by atoms with Crippen LogP contribution in [0.4, 0.5) is 0 Å². The van der Waals surface area contributed by atoms with Gasteiger partial charge in [-0.2, -0.15) is 0 Å². The lowest BCUT2D eigenvalue weighted by molar-refractivity contribution is -0.141. The number of carbonyl (C=O) groups excluding carboxylic acids is 3. The van der Waals surface area contributed by atoms with Crippen molar-refractivity contribution >= 4 is 27.7 Å². The van der Waals surface area contributed by atoms with Gasteiger partial charge in [-0.25, -0.2) is 12.7 Å². The molecule has 0 aromatic heterocycles. The molecular formula is C28H29N3O5S. The number of fused-ring (bicyclic) bond motifs is 1. The molecule has 1 atom stereocenters. The van der Waals surface area contributed by atoms with E-state index in [1.165, 1.54) is 23.1 Å². The topological polar surface area (TPSA) is 104 Å². The summed E-state index contributed by atoms with van der Waals surface area (Å²) >= 11 is 0. The Hall–Kier alpha value is -3.98. The molecule has 37 heavy (non-hydrogen) atoms. The van der Waals surface area contributed by atoms with E-state index >= 15 is 0 Å². The van der Waals surface area contributed by atoms with Crippen LogP contribution in [0.5, 0.6) is 0 Å². The molecule has 0 bridgehead atoms. The third-order valence-corrected chi connectivity index (χ3v) is 7.99. The summed E-state index contributed by atoms with van der Waals surface area (Å²) in [5, 5.41) is 2.88. The Kier molecular flexibility index (Phi) is 8.03. The van der Waals surface area contributed by atoms with E-state index in [1.807, 2.05) is 67.6 Å². The molecule has 1 N–H and O–H groups in total. The van der Waals surface area contributed by atoms with Gasteiger partial charge in [-0.3, -0.25) is 14.4 Å². The molecule has 0 saturated carbocycles. The summed E-state index contributed by atoms with van der Waals surface area (Å²) in [7, 11) is -4.18. The van der Waals surface area contributed by atoms with Crippen molar-refractivity contribution in [1.29, 1.82) is 0 Å². The van der Waals surface area contributed by atoms with E-state index in [0.29, 0.717) is 10.8 Å². The number of benzene rings is 3. The van der Waals surface area contributed by atoms with E-state index in [0.717, 1.165) is 17.5 Å². The van der Waals surface area contributed by atoms with Crippen molar-refractivity contribution in [2.75, 3.05) is 13.1 Å². The highest BCUT2D eigenvalue weighted by atomic mass is 32.2. The molecule has 0 saturated heterocycles. The van der Waals surface area contributed by atoms with Gasteiger partial charge in [0, 0.05) is 19.5 Å². The average molecular weight is 520 g/mol. The highest BCUT2D eigenvalue weighted by Crippen LogP contribution is 2.30. The summed E-state index contributed by atoms with van der Waals surface area (Å²) in [6.07, 6.45) is 0.949. The van der Waals surface area contributed by atoms with E-state index in [-0.39, 0.29) is 29.3 Å². The van der Waals surface area contributed by atoms with E-state index in [9.17, 15) is 22.8 Å². The van der Waals surface area contributed by atoms with Crippen molar-refractivity contribution in [3.63, 3.8) is 0 Å². The van der Waals surface area contributed by atoms with Gasteiger partial charge in [-0.1, -0.05) is 79.7 Å². The van der Waals surface area contributed by atoms with Gasteiger partial charge < -0.3 is 10.2 Å². The van der Waals surface area contributed by atoms with E-state index in [1.54, 1.807) is 6.07 Å². The molecule has 1 heterocycles. The molecule has 9 heteroatoms. The van der Waals surface area contributed by atoms with Gasteiger partial charge in [0.25, 0.3) is 15.9 Å². The number of carbonyl (C=O) groups is 3. The Bertz CT molecular complexity index is 1380. The second-order valence-electron chi connectivity index (χ2n) is 8.82. The molecule has 1 aliphatic heterocycles. The molecule has 0 spiro atoms. The smallest absolute Gasteiger partial charge is 0.269 e. The predicted molar refractivity (Wildman–Crippen MR) is 139 cm³/mol. The average Bonchev–Trinajstić information content (AvgIpc) is 3.11. The number of amides is 3. The molecule has 3 amide bonds. The maximum atomic E-state index is 13.8. The highest BCUT2D eigenvalue weighted by molar-refractivity contribution is 7.90. The minimum atomic E-state index is -4.18. The monoisotopic (exact) mass is 519 g/mol. The molecule has 0 fully saturated rings. The van der Waals surface area contributed by atoms with Crippen molar-refractivity contribution < 1.29 is 22.8 Å². The van der Waals surface area contributed by atoms with Crippen LogP contribution in [-0.2, 0) is 32.6 Å². The fourth-order valence-corrected chi connectivity index (χ4v) is 5.82. The van der Waals surface area contributed by atoms with Crippen LogP contribution < -0.4 is 5.32 Å². The van der Waals surface area contributed by atoms with Gasteiger partial charge in [0.2, 0.25) is 11.8 Å². The Morgan fingerprint density at radius 1 is 0.892 bits per heavy atom. The molecule has 8 nitrogen and oxygen atoms in total. The lowest BCUT2D eigenvalue weighted by Crippen LogP contribution is -2.53. The molecule has 0 radical (unpaired) electrons. The van der Waals surface area contributed by atoms with E-state index < -0.39 is 34.4 Å². The first-order chi connectivity index (χ1) is 17.8. The molecule has 3 aromatic carbocycles. The fraction of sp³-hybridized carbons (Fsp3) is 0.250. The van der Waals surface area contributed by atoms with Gasteiger partial charge in [0.05, 0.1) is 5.56 Å². The number of hydrogen-bond acceptors (Lipinski definition) is 5. The molecule has 4 rings (SSSR count). The van der Waals surface area contributed by atoms with Crippen LogP contribution in [0.2, 0.25) is 0 Å². The van der Waals surface area contributed by atoms with Gasteiger partial charge >= 0.3 is 0 Å². The summed E-state index contributed by atoms with van der Waals surface area (Å²) in [5.74, 6) is -1.73. The summed E-state index contributed by atoms with van der Waals surface area (Å²) < 4.78 is 26.8. The maximum Gasteiger partial charge on any atom is 0.269 e. The first-order valence-corrected chi connectivity index (χ1v) is 13.6. The summed E-state index contributed by atoms with van der Waals surface area (Å²) in [6.45, 7) is 1.74. The number of rotatable bonds is 10. The van der Waals surface area contributed by atoms with Crippen molar-refractivity contribution in [2.45, 2.75) is 37.2 Å². The molecule has 0 aliphatic carbocycles. The van der Waals surface area contributed by atoms with Crippen LogP contribution in [0.3, 0.4) is 0 Å². The van der Waals surface area contributed by atoms with Crippen molar-refractivity contribution in [3.8, 4) is 0 Å². The summed E-state index contributed by atoms with van der Waals surface area (Å²) in [6, 6.07) is 23.5. The SMILES string of the molecule is CCCNC(=O)[C@H](Cc1ccccc1)N(Cc1ccccc1)C(=O)CN1C(=O)c2ccccc2S1(=O)=O. The van der Waals surface area contributed by atoms with Crippen LogP contribution in [0, 0.1) is 0 Å². The first kappa shape index (κ1) is 26.1. The van der Waals surface area contributed by atoms with Crippen LogP contribution in [-0.4, -0.2) is 54.5 Å². The molecule has 192 valence electrons. The minimum absolute atomic E-state index is 0.0337. The largest absolute Gasteiger partial charge is 0.354 e. The van der Waals surface area contributed by atoms with Gasteiger partial charge in [-0.05, 0) is 29.7 Å². The number of sulfonamides is 1. The Morgan fingerprint density at radius 2 is 1.49 bits per heavy atom. The second-order valence-corrected chi connectivity index (χ2v) is 10.6. The number of hydrogen-bond donors (Lipinski definition) is 1. The second kappa shape index (κ2) is 11.4. The van der Waals surface area contributed by atoms with Crippen LogP contribution in [0.15, 0.2) is 89.8 Å². The van der Waals surface area contributed by atoms with Crippen molar-refractivity contribution in [3.05, 3.63) is 102 Å². The zero-order valence-corrected chi connectivity index (χ0v) is 21.4. The zero-order valence-electron chi connectivity index (χ0n) is 20.5. The number of nitrogens with zero attached hydrogens (tertiary/aromatic N) is 2. The molecule has 3 aromatic rings. The summed E-state index contributed by atoms with van der Waals surface area (Å²) in [4.78, 5) is 41.3. The highest BCUT2D eigenvalue weighted by Gasteiger charge is 2.43. The Balaban J connectivity index is 1.69. The van der Waals surface area contributed by atoms with Crippen LogP contribution in [0.1, 0.15) is 34.8 Å². The Morgan fingerprint density at radius 3 is 2.11 bits per heavy atom. The van der Waals surface area contributed by atoms with Crippen LogP contribution in [0.25, 0.3) is 0 Å². The van der Waals surface area contributed by atoms with Gasteiger partial charge in [-0.15, -0.1) is 0 Å². The molecule has 0 unspecified atom stereocenters. The standard InChI is InChI=1S/C28H29N3O5S/c1-2-17-29-27(33)24(18-21-11-5-3-6-12-21)30(19-22-13-7-4-8-14-22)26(32)20-31-28(34)23-15-9-10-16-25(23)37(31,35)36/h3-16,24H,2,17-20H2,1H3,(H,29,33)/t24-/m0/s1. The van der Waals surface area contributed by atoms with E-state index in [2.05, 4.69) is 5.32 Å². The maximum absolute atomic E-state index is 13.8. The number of nitrogens with one attached hydrogen (secondary N) is 1. The van der Waals surface area contributed by atoms with Crippen molar-refractivity contribution in [2.24, 2.45) is 0 Å². The van der Waals surface area contributed by atoms with Gasteiger partial charge in [0.1, 0.15) is 17.5 Å². The minimum Gasteiger partial charge on any atom is -0.354 e. The molecular weight excluding hydrogens is 490 g/mol. The third kappa shape index (κ3) is 5.72. The van der Waals surface area contributed by atoms with Crippen LogP contribution >= 0.6 is 0 Å². The normalized spacial score (nSPS) is 14.6. The Labute approximate surface area is 217 Å².